The number of hydrogen-bond acceptors (Lipinski definition) is 7. The number of carbonyl (C=O) groups excluding carboxylic acids is 1. The quantitative estimate of drug-likeness (QED) is 0.332. The maximum atomic E-state index is 12.3. The molecule has 2 aromatic rings. The van der Waals surface area contributed by atoms with Crippen LogP contribution in [0.2, 0.25) is 0 Å². The van der Waals surface area contributed by atoms with Crippen molar-refractivity contribution >= 4 is 17.7 Å². The molecule has 2 rings (SSSR count). The summed E-state index contributed by atoms with van der Waals surface area (Å²) in [6.45, 7) is 0. The van der Waals surface area contributed by atoms with E-state index in [4.69, 9.17) is 18.6 Å². The van der Waals surface area contributed by atoms with Crippen LogP contribution in [0.3, 0.4) is 0 Å². The fourth-order valence-corrected chi connectivity index (χ4v) is 2.01. The van der Waals surface area contributed by atoms with Crippen LogP contribution in [-0.4, -0.2) is 32.0 Å². The molecular formula is C16H15NO7. The maximum Gasteiger partial charge on any atom is 0.433 e. The van der Waals surface area contributed by atoms with Crippen molar-refractivity contribution < 1.29 is 28.3 Å². The Morgan fingerprint density at radius 3 is 2.21 bits per heavy atom. The van der Waals surface area contributed by atoms with Crippen molar-refractivity contribution in [3.63, 3.8) is 0 Å². The summed E-state index contributed by atoms with van der Waals surface area (Å²) in [5, 5.41) is 10.6. The minimum absolute atomic E-state index is 0.197. The van der Waals surface area contributed by atoms with Gasteiger partial charge in [-0.2, -0.15) is 0 Å². The second kappa shape index (κ2) is 7.32. The van der Waals surface area contributed by atoms with Crippen LogP contribution in [0.25, 0.3) is 6.08 Å². The molecule has 0 saturated carbocycles. The molecule has 24 heavy (non-hydrogen) atoms. The Kier molecular flexibility index (Phi) is 5.20. The van der Waals surface area contributed by atoms with Gasteiger partial charge in [0.2, 0.25) is 5.75 Å². The molecule has 0 radical (unpaired) electrons. The van der Waals surface area contributed by atoms with Crippen LogP contribution in [0.15, 0.2) is 34.8 Å². The third kappa shape index (κ3) is 3.54. The number of nitro groups is 1. The zero-order valence-corrected chi connectivity index (χ0v) is 13.3. The first kappa shape index (κ1) is 17.1. The van der Waals surface area contributed by atoms with E-state index >= 15 is 0 Å². The molecule has 0 atom stereocenters. The highest BCUT2D eigenvalue weighted by Crippen LogP contribution is 2.38. The van der Waals surface area contributed by atoms with Crippen LogP contribution in [0, 0.1) is 10.1 Å². The van der Waals surface area contributed by atoms with E-state index < -0.39 is 10.8 Å². The van der Waals surface area contributed by atoms with E-state index in [2.05, 4.69) is 0 Å². The lowest BCUT2D eigenvalue weighted by molar-refractivity contribution is -0.402. The average molecular weight is 333 g/mol. The van der Waals surface area contributed by atoms with Crippen molar-refractivity contribution in [2.75, 3.05) is 21.3 Å². The number of rotatable bonds is 7. The Morgan fingerprint density at radius 2 is 1.75 bits per heavy atom. The summed E-state index contributed by atoms with van der Waals surface area (Å²) in [7, 11) is 4.36. The van der Waals surface area contributed by atoms with Crippen LogP contribution < -0.4 is 14.2 Å². The van der Waals surface area contributed by atoms with E-state index in [-0.39, 0.29) is 11.5 Å². The molecule has 0 amide bonds. The third-order valence-corrected chi connectivity index (χ3v) is 3.14. The predicted molar refractivity (Wildman–Crippen MR) is 84.8 cm³/mol. The molecule has 0 aliphatic rings. The Bertz CT molecular complexity index is 766. The number of nitrogens with zero attached hydrogens (tertiary/aromatic N) is 1. The van der Waals surface area contributed by atoms with Crippen molar-refractivity contribution in [1.82, 2.24) is 0 Å². The molecule has 0 aliphatic carbocycles. The van der Waals surface area contributed by atoms with E-state index in [0.717, 1.165) is 0 Å². The number of allylic oxidation sites excluding steroid dienone is 1. The summed E-state index contributed by atoms with van der Waals surface area (Å²) in [6, 6.07) is 5.64. The minimum atomic E-state index is -0.654. The molecule has 0 bridgehead atoms. The molecule has 0 saturated heterocycles. The number of benzene rings is 1. The number of hydrogen-bond donors (Lipinski definition) is 0. The fraction of sp³-hybridized carbons (Fsp3) is 0.188. The third-order valence-electron chi connectivity index (χ3n) is 3.14. The van der Waals surface area contributed by atoms with Crippen LogP contribution in [0.5, 0.6) is 17.2 Å². The van der Waals surface area contributed by atoms with Crippen molar-refractivity contribution in [1.29, 1.82) is 0 Å². The van der Waals surface area contributed by atoms with Gasteiger partial charge in [-0.3, -0.25) is 14.9 Å². The van der Waals surface area contributed by atoms with Gasteiger partial charge in [0.15, 0.2) is 17.3 Å². The summed E-state index contributed by atoms with van der Waals surface area (Å²) in [5.74, 6) is 0.525. The first-order chi connectivity index (χ1) is 11.5. The lowest BCUT2D eigenvalue weighted by Gasteiger charge is -2.13. The van der Waals surface area contributed by atoms with Crippen molar-refractivity contribution in [2.24, 2.45) is 0 Å². The van der Waals surface area contributed by atoms with Gasteiger partial charge in [-0.05, 0) is 30.4 Å². The fourth-order valence-electron chi connectivity index (χ4n) is 2.01. The highest BCUT2D eigenvalue weighted by Gasteiger charge is 2.16. The average Bonchev–Trinajstić information content (AvgIpc) is 3.07. The normalized spacial score (nSPS) is 10.6. The molecule has 0 N–H and O–H groups in total. The summed E-state index contributed by atoms with van der Waals surface area (Å²) in [4.78, 5) is 22.2. The zero-order chi connectivity index (χ0) is 17.7. The molecule has 1 aromatic heterocycles. The van der Waals surface area contributed by atoms with Crippen LogP contribution >= 0.6 is 0 Å². The van der Waals surface area contributed by atoms with Crippen molar-refractivity contribution in [3.05, 3.63) is 51.8 Å². The van der Waals surface area contributed by atoms with Gasteiger partial charge in [-0.15, -0.1) is 0 Å². The van der Waals surface area contributed by atoms with Gasteiger partial charge in [-0.25, -0.2) is 0 Å². The van der Waals surface area contributed by atoms with Crippen LogP contribution in [0.4, 0.5) is 5.88 Å². The highest BCUT2D eigenvalue weighted by atomic mass is 16.6. The Hall–Kier alpha value is -3.29. The summed E-state index contributed by atoms with van der Waals surface area (Å²) in [6.07, 6.45) is 2.59. The Balaban J connectivity index is 2.28. The van der Waals surface area contributed by atoms with Gasteiger partial charge >= 0.3 is 5.88 Å². The standard InChI is InChI=1S/C16H15NO7/c1-21-13-8-10(9-14(22-2)16(13)23-3)12(18)6-4-11-5-7-15(24-11)17(19)20/h4-9H,1-3H3/b6-4-. The van der Waals surface area contributed by atoms with Crippen molar-refractivity contribution in [3.8, 4) is 17.2 Å². The van der Waals surface area contributed by atoms with E-state index in [1.54, 1.807) is 0 Å². The minimum Gasteiger partial charge on any atom is -0.493 e. The van der Waals surface area contributed by atoms with E-state index in [0.29, 0.717) is 22.8 Å². The van der Waals surface area contributed by atoms with E-state index in [9.17, 15) is 14.9 Å². The smallest absolute Gasteiger partial charge is 0.433 e. The Labute approximate surface area is 137 Å². The molecule has 8 heteroatoms. The summed E-state index contributed by atoms with van der Waals surface area (Å²) in [5.41, 5.74) is 0.307. The molecule has 8 nitrogen and oxygen atoms in total. The second-order valence-corrected chi connectivity index (χ2v) is 4.54. The van der Waals surface area contributed by atoms with Crippen molar-refractivity contribution in [2.45, 2.75) is 0 Å². The lowest BCUT2D eigenvalue weighted by Crippen LogP contribution is -2.00. The first-order valence-corrected chi connectivity index (χ1v) is 6.76. The number of ketones is 1. The number of furan rings is 1. The Morgan fingerprint density at radius 1 is 1.12 bits per heavy atom. The molecule has 1 heterocycles. The molecule has 0 fully saturated rings. The van der Waals surface area contributed by atoms with Crippen LogP contribution in [0.1, 0.15) is 16.1 Å². The molecule has 126 valence electrons. The zero-order valence-electron chi connectivity index (χ0n) is 13.3. The topological polar surface area (TPSA) is 101 Å². The van der Waals surface area contributed by atoms with E-state index in [1.165, 1.54) is 57.7 Å². The second-order valence-electron chi connectivity index (χ2n) is 4.54. The van der Waals surface area contributed by atoms with Gasteiger partial charge in [-0.1, -0.05) is 0 Å². The number of methoxy groups -OCH3 is 3. The molecule has 1 aromatic carbocycles. The highest BCUT2D eigenvalue weighted by molar-refractivity contribution is 6.07. The molecule has 0 unspecified atom stereocenters. The molecule has 0 spiro atoms. The SMILES string of the molecule is COc1cc(C(=O)/C=C\c2ccc([N+](=O)[O-])o2)cc(OC)c1OC. The monoisotopic (exact) mass is 333 g/mol. The largest absolute Gasteiger partial charge is 0.493 e. The van der Waals surface area contributed by atoms with Gasteiger partial charge in [0, 0.05) is 5.56 Å². The van der Waals surface area contributed by atoms with Gasteiger partial charge < -0.3 is 18.6 Å². The molecular weight excluding hydrogens is 318 g/mol. The number of ether oxygens (including phenoxy) is 3. The van der Waals surface area contributed by atoms with Gasteiger partial charge in [0.05, 0.1) is 27.4 Å². The first-order valence-electron chi connectivity index (χ1n) is 6.76. The van der Waals surface area contributed by atoms with E-state index in [1.807, 2.05) is 0 Å². The summed E-state index contributed by atoms with van der Waals surface area (Å²) >= 11 is 0. The van der Waals surface area contributed by atoms with Gasteiger partial charge in [0.25, 0.3) is 0 Å². The predicted octanol–water partition coefficient (Wildman–Crippen LogP) is 3.11. The van der Waals surface area contributed by atoms with Crippen LogP contribution in [-0.2, 0) is 0 Å². The number of carbonyl (C=O) groups is 1. The maximum absolute atomic E-state index is 12.3. The van der Waals surface area contributed by atoms with Gasteiger partial charge in [0.1, 0.15) is 10.7 Å². The molecule has 0 aliphatic heterocycles. The summed E-state index contributed by atoms with van der Waals surface area (Å²) < 4.78 is 20.5. The lowest BCUT2D eigenvalue weighted by atomic mass is 10.1.